The van der Waals surface area contributed by atoms with Crippen LogP contribution in [0, 0.1) is 11.3 Å². The summed E-state index contributed by atoms with van der Waals surface area (Å²) in [6, 6.07) is 13.1. The maximum absolute atomic E-state index is 12.6. The first-order valence-corrected chi connectivity index (χ1v) is 8.44. The lowest BCUT2D eigenvalue weighted by atomic mass is 10.1. The van der Waals surface area contributed by atoms with Crippen LogP contribution in [0.3, 0.4) is 0 Å². The smallest absolute Gasteiger partial charge is 0.409 e. The number of benzene rings is 2. The SMILES string of the molecule is N#Cc1cccc(C(=O)Nc2nc3cc(NC(=O)O)ccc3n2CCCO)c1. The highest BCUT2D eigenvalue weighted by Crippen LogP contribution is 2.24. The van der Waals surface area contributed by atoms with Gasteiger partial charge in [0.05, 0.1) is 22.7 Å². The van der Waals surface area contributed by atoms with Crippen LogP contribution in [0.15, 0.2) is 42.5 Å². The number of aliphatic hydroxyl groups excluding tert-OH is 1. The Morgan fingerprint density at radius 3 is 2.71 bits per heavy atom. The van der Waals surface area contributed by atoms with E-state index in [1.807, 2.05) is 6.07 Å². The lowest BCUT2D eigenvalue weighted by Crippen LogP contribution is -2.16. The van der Waals surface area contributed by atoms with E-state index in [0.29, 0.717) is 40.8 Å². The van der Waals surface area contributed by atoms with E-state index in [1.54, 1.807) is 41.0 Å². The van der Waals surface area contributed by atoms with Gasteiger partial charge >= 0.3 is 6.09 Å². The van der Waals surface area contributed by atoms with Gasteiger partial charge in [0.15, 0.2) is 0 Å². The molecule has 0 atom stereocenters. The van der Waals surface area contributed by atoms with Gasteiger partial charge in [-0.3, -0.25) is 15.4 Å². The molecule has 1 aromatic heterocycles. The number of imidazole rings is 1. The van der Waals surface area contributed by atoms with Gasteiger partial charge in [0.2, 0.25) is 5.95 Å². The summed E-state index contributed by atoms with van der Waals surface area (Å²) in [6.45, 7) is 0.377. The number of hydrogen-bond donors (Lipinski definition) is 4. The Morgan fingerprint density at radius 2 is 2.00 bits per heavy atom. The van der Waals surface area contributed by atoms with Crippen LogP contribution >= 0.6 is 0 Å². The fourth-order valence-electron chi connectivity index (χ4n) is 2.79. The number of nitrogens with zero attached hydrogens (tertiary/aromatic N) is 3. The Morgan fingerprint density at radius 1 is 1.18 bits per heavy atom. The molecule has 1 heterocycles. The van der Waals surface area contributed by atoms with Crippen LogP contribution in [-0.2, 0) is 6.54 Å². The van der Waals surface area contributed by atoms with E-state index in [2.05, 4.69) is 15.6 Å². The van der Waals surface area contributed by atoms with Crippen molar-refractivity contribution < 1.29 is 19.8 Å². The summed E-state index contributed by atoms with van der Waals surface area (Å²) in [5.74, 6) is -0.162. The molecule has 3 aromatic rings. The zero-order valence-electron chi connectivity index (χ0n) is 14.7. The van der Waals surface area contributed by atoms with E-state index in [4.69, 9.17) is 15.5 Å². The monoisotopic (exact) mass is 379 g/mol. The van der Waals surface area contributed by atoms with Gasteiger partial charge in [-0.2, -0.15) is 5.26 Å². The van der Waals surface area contributed by atoms with Crippen molar-refractivity contribution in [3.8, 4) is 6.07 Å². The molecule has 0 aliphatic rings. The van der Waals surface area contributed by atoms with Crippen molar-refractivity contribution in [1.29, 1.82) is 5.26 Å². The zero-order valence-corrected chi connectivity index (χ0v) is 14.7. The van der Waals surface area contributed by atoms with E-state index >= 15 is 0 Å². The van der Waals surface area contributed by atoms with E-state index in [-0.39, 0.29) is 12.6 Å². The number of nitriles is 1. The molecule has 0 aliphatic carbocycles. The second-order valence-electron chi connectivity index (χ2n) is 5.94. The molecule has 0 unspecified atom stereocenters. The molecular weight excluding hydrogens is 362 g/mol. The minimum atomic E-state index is -1.19. The van der Waals surface area contributed by atoms with Gasteiger partial charge in [-0.05, 0) is 42.8 Å². The van der Waals surface area contributed by atoms with Crippen molar-refractivity contribution in [1.82, 2.24) is 9.55 Å². The maximum atomic E-state index is 12.6. The van der Waals surface area contributed by atoms with Gasteiger partial charge in [-0.15, -0.1) is 0 Å². The second-order valence-corrected chi connectivity index (χ2v) is 5.94. The molecule has 0 bridgehead atoms. The minimum Gasteiger partial charge on any atom is -0.465 e. The third-order valence-corrected chi connectivity index (χ3v) is 4.02. The van der Waals surface area contributed by atoms with Gasteiger partial charge in [0, 0.05) is 24.4 Å². The van der Waals surface area contributed by atoms with Crippen LogP contribution in [-0.4, -0.2) is 38.4 Å². The Labute approximate surface area is 159 Å². The number of amides is 2. The summed E-state index contributed by atoms with van der Waals surface area (Å²) < 4.78 is 1.74. The number of fused-ring (bicyclic) bond motifs is 1. The molecule has 9 heteroatoms. The van der Waals surface area contributed by atoms with Crippen molar-refractivity contribution in [2.45, 2.75) is 13.0 Å². The molecule has 0 saturated carbocycles. The maximum Gasteiger partial charge on any atom is 0.409 e. The molecule has 3 rings (SSSR count). The highest BCUT2D eigenvalue weighted by Gasteiger charge is 2.15. The summed E-state index contributed by atoms with van der Waals surface area (Å²) >= 11 is 0. The lowest BCUT2D eigenvalue weighted by Gasteiger charge is -2.10. The fraction of sp³-hybridized carbons (Fsp3) is 0.158. The first kappa shape index (κ1) is 18.9. The molecule has 0 aliphatic heterocycles. The third kappa shape index (κ3) is 4.08. The van der Waals surface area contributed by atoms with Gasteiger partial charge < -0.3 is 14.8 Å². The van der Waals surface area contributed by atoms with Crippen LogP contribution in [0.2, 0.25) is 0 Å². The van der Waals surface area contributed by atoms with E-state index in [9.17, 15) is 9.59 Å². The summed E-state index contributed by atoms with van der Waals surface area (Å²) in [5.41, 5.74) is 2.21. The van der Waals surface area contributed by atoms with Crippen LogP contribution in [0.25, 0.3) is 11.0 Å². The summed E-state index contributed by atoms with van der Waals surface area (Å²) in [4.78, 5) is 27.8. The number of hydrogen-bond acceptors (Lipinski definition) is 5. The topological polar surface area (TPSA) is 140 Å². The molecule has 28 heavy (non-hydrogen) atoms. The number of aryl methyl sites for hydroxylation is 1. The number of nitrogens with one attached hydrogen (secondary N) is 2. The van der Waals surface area contributed by atoms with Gasteiger partial charge in [-0.25, -0.2) is 9.78 Å². The highest BCUT2D eigenvalue weighted by molar-refractivity contribution is 6.04. The normalized spacial score (nSPS) is 10.4. The Balaban J connectivity index is 1.96. The average molecular weight is 379 g/mol. The largest absolute Gasteiger partial charge is 0.465 e. The van der Waals surface area contributed by atoms with Crippen LogP contribution in [0.5, 0.6) is 0 Å². The molecule has 0 fully saturated rings. The zero-order chi connectivity index (χ0) is 20.1. The number of rotatable bonds is 6. The Kier molecular flexibility index (Phi) is 5.53. The second kappa shape index (κ2) is 8.20. The van der Waals surface area contributed by atoms with Gasteiger partial charge in [0.25, 0.3) is 5.91 Å². The molecule has 0 radical (unpaired) electrons. The van der Waals surface area contributed by atoms with Crippen molar-refractivity contribution in [3.05, 3.63) is 53.6 Å². The number of aliphatic hydroxyl groups is 1. The molecule has 2 aromatic carbocycles. The quantitative estimate of drug-likeness (QED) is 0.519. The lowest BCUT2D eigenvalue weighted by molar-refractivity contribution is 0.102. The van der Waals surface area contributed by atoms with Gasteiger partial charge in [0.1, 0.15) is 0 Å². The first-order chi connectivity index (χ1) is 13.5. The van der Waals surface area contributed by atoms with Crippen molar-refractivity contribution >= 4 is 34.7 Å². The highest BCUT2D eigenvalue weighted by atomic mass is 16.4. The summed E-state index contributed by atoms with van der Waals surface area (Å²) in [6.07, 6.45) is -0.738. The average Bonchev–Trinajstić information content (AvgIpc) is 3.01. The van der Waals surface area contributed by atoms with Crippen LogP contribution < -0.4 is 10.6 Å². The van der Waals surface area contributed by atoms with E-state index < -0.39 is 12.0 Å². The minimum absolute atomic E-state index is 0.0318. The van der Waals surface area contributed by atoms with Crippen molar-refractivity contribution in [2.24, 2.45) is 0 Å². The third-order valence-electron chi connectivity index (χ3n) is 4.02. The number of anilines is 2. The molecule has 0 saturated heterocycles. The summed E-state index contributed by atoms with van der Waals surface area (Å²) in [5, 5.41) is 32.0. The molecule has 2 amide bonds. The molecule has 9 nitrogen and oxygen atoms in total. The standard InChI is InChI=1S/C19H17N5O4/c20-11-12-3-1-4-13(9-12)17(26)23-18-22-15-10-14(21-19(27)28)5-6-16(15)24(18)7-2-8-25/h1,3-6,9-10,21,25H,2,7-8H2,(H,27,28)(H,22,23,26). The molecule has 4 N–H and O–H groups in total. The van der Waals surface area contributed by atoms with E-state index in [1.165, 1.54) is 6.07 Å². The Hall–Kier alpha value is -3.90. The van der Waals surface area contributed by atoms with Crippen LogP contribution in [0.4, 0.5) is 16.4 Å². The van der Waals surface area contributed by atoms with Crippen molar-refractivity contribution in [3.63, 3.8) is 0 Å². The molecular formula is C19H17N5O4. The van der Waals surface area contributed by atoms with E-state index in [0.717, 1.165) is 0 Å². The molecule has 142 valence electrons. The number of carbonyl (C=O) groups excluding carboxylic acids is 1. The molecule has 0 spiro atoms. The fourth-order valence-corrected chi connectivity index (χ4v) is 2.79. The predicted octanol–water partition coefficient (Wildman–Crippen LogP) is 2.63. The predicted molar refractivity (Wildman–Crippen MR) is 102 cm³/mol. The Bertz CT molecular complexity index is 1080. The number of carbonyl (C=O) groups is 2. The number of carboxylic acid groups (broad SMARTS) is 1. The summed E-state index contributed by atoms with van der Waals surface area (Å²) in [7, 11) is 0. The number of aromatic nitrogens is 2. The first-order valence-electron chi connectivity index (χ1n) is 8.44. The van der Waals surface area contributed by atoms with Crippen LogP contribution in [0.1, 0.15) is 22.3 Å². The van der Waals surface area contributed by atoms with Crippen molar-refractivity contribution in [2.75, 3.05) is 17.2 Å². The van der Waals surface area contributed by atoms with Gasteiger partial charge in [-0.1, -0.05) is 6.07 Å².